The largest absolute Gasteiger partial charge is 0.471 e. The van der Waals surface area contributed by atoms with E-state index in [1.54, 1.807) is 17.4 Å². The Balaban J connectivity index is 2.14. The predicted molar refractivity (Wildman–Crippen MR) is 76.5 cm³/mol. The lowest BCUT2D eigenvalue weighted by Gasteiger charge is -2.09. The second-order valence-corrected chi connectivity index (χ2v) is 4.96. The number of carbonyl (C=O) groups is 2. The van der Waals surface area contributed by atoms with E-state index in [1.165, 1.54) is 0 Å². The monoisotopic (exact) mass is 336 g/mol. The summed E-state index contributed by atoms with van der Waals surface area (Å²) in [5, 5.41) is 4.89. The van der Waals surface area contributed by atoms with Crippen LogP contribution in [0.15, 0.2) is 24.3 Å². The zero-order valence-corrected chi connectivity index (χ0v) is 12.4. The molecule has 0 aromatic heterocycles. The number of hydrogen-bond acceptors (Lipinski definition) is 2. The van der Waals surface area contributed by atoms with Crippen LogP contribution in [0, 0.1) is 0 Å². The maximum atomic E-state index is 11.9. The number of alkyl halides is 3. The first-order valence-electron chi connectivity index (χ1n) is 6.66. The molecule has 0 heterocycles. The third-order valence-electron chi connectivity index (χ3n) is 2.80. The predicted octanol–water partition coefficient (Wildman–Crippen LogP) is 2.46. The van der Waals surface area contributed by atoms with Gasteiger partial charge in [-0.05, 0) is 24.5 Å². The van der Waals surface area contributed by atoms with Crippen molar-refractivity contribution in [1.29, 1.82) is 0 Å². The first-order valence-corrected chi connectivity index (χ1v) is 7.03. The molecule has 0 aliphatic carbocycles. The van der Waals surface area contributed by atoms with Crippen molar-refractivity contribution in [1.82, 2.24) is 10.6 Å². The number of amides is 2. The van der Waals surface area contributed by atoms with E-state index in [2.05, 4.69) is 5.32 Å². The summed E-state index contributed by atoms with van der Waals surface area (Å²) in [5.74, 6) is -2.19. The molecule has 1 aromatic rings. The molecule has 0 unspecified atom stereocenters. The van der Waals surface area contributed by atoms with Gasteiger partial charge in [-0.1, -0.05) is 29.8 Å². The zero-order valence-electron chi connectivity index (χ0n) is 11.7. The van der Waals surface area contributed by atoms with Crippen molar-refractivity contribution in [3.05, 3.63) is 34.9 Å². The van der Waals surface area contributed by atoms with Gasteiger partial charge in [-0.3, -0.25) is 9.59 Å². The maximum Gasteiger partial charge on any atom is 0.471 e. The smallest absolute Gasteiger partial charge is 0.356 e. The number of rotatable bonds is 7. The van der Waals surface area contributed by atoms with Crippen LogP contribution < -0.4 is 10.6 Å². The molecule has 0 fully saturated rings. The summed E-state index contributed by atoms with van der Waals surface area (Å²) >= 11 is 5.96. The highest BCUT2D eigenvalue weighted by Crippen LogP contribution is 2.16. The molecular weight excluding hydrogens is 321 g/mol. The number of aryl methyl sites for hydroxylation is 1. The van der Waals surface area contributed by atoms with E-state index in [0.29, 0.717) is 11.4 Å². The number of benzene rings is 1. The van der Waals surface area contributed by atoms with E-state index < -0.39 is 12.1 Å². The Kier molecular flexibility index (Phi) is 7.17. The minimum Gasteiger partial charge on any atom is -0.356 e. The third-order valence-corrected chi connectivity index (χ3v) is 3.17. The standard InChI is InChI=1S/C14H16ClF3N2O2/c15-11-5-2-1-4-10(11)6-7-12(21)19-8-3-9-20-13(22)14(16,17)18/h1-2,4-5H,3,6-9H2,(H,19,21)(H,20,22). The van der Waals surface area contributed by atoms with Gasteiger partial charge in [-0.2, -0.15) is 13.2 Å². The first kappa shape index (κ1) is 18.3. The maximum absolute atomic E-state index is 11.9. The summed E-state index contributed by atoms with van der Waals surface area (Å²) in [7, 11) is 0. The SMILES string of the molecule is O=C(CCc1ccccc1Cl)NCCCNC(=O)C(F)(F)F. The molecule has 8 heteroatoms. The summed E-state index contributed by atoms with van der Waals surface area (Å²) in [6, 6.07) is 7.17. The van der Waals surface area contributed by atoms with Crippen molar-refractivity contribution in [3.63, 3.8) is 0 Å². The summed E-state index contributed by atoms with van der Waals surface area (Å²) in [5.41, 5.74) is 0.858. The summed E-state index contributed by atoms with van der Waals surface area (Å²) < 4.78 is 35.7. The van der Waals surface area contributed by atoms with Crippen molar-refractivity contribution in [2.24, 2.45) is 0 Å². The summed E-state index contributed by atoms with van der Waals surface area (Å²) in [6.07, 6.45) is -3.94. The molecule has 0 atom stereocenters. The van der Waals surface area contributed by atoms with E-state index in [9.17, 15) is 22.8 Å². The number of carbonyl (C=O) groups excluding carboxylic acids is 2. The van der Waals surface area contributed by atoms with Gasteiger partial charge in [-0.25, -0.2) is 0 Å². The van der Waals surface area contributed by atoms with Crippen LogP contribution in [0.25, 0.3) is 0 Å². The first-order chi connectivity index (χ1) is 10.3. The Morgan fingerprint density at radius 2 is 1.73 bits per heavy atom. The van der Waals surface area contributed by atoms with Gasteiger partial charge in [-0.15, -0.1) is 0 Å². The minimum absolute atomic E-state index is 0.150. The van der Waals surface area contributed by atoms with Crippen LogP contribution in [0.5, 0.6) is 0 Å². The molecular formula is C14H16ClF3N2O2. The lowest BCUT2D eigenvalue weighted by molar-refractivity contribution is -0.173. The van der Waals surface area contributed by atoms with E-state index >= 15 is 0 Å². The van der Waals surface area contributed by atoms with Crippen molar-refractivity contribution >= 4 is 23.4 Å². The molecule has 122 valence electrons. The van der Waals surface area contributed by atoms with Gasteiger partial charge in [0.25, 0.3) is 0 Å². The van der Waals surface area contributed by atoms with E-state index in [0.717, 1.165) is 5.56 Å². The molecule has 0 aliphatic rings. The van der Waals surface area contributed by atoms with Crippen molar-refractivity contribution in [2.45, 2.75) is 25.4 Å². The van der Waals surface area contributed by atoms with Crippen molar-refractivity contribution in [3.8, 4) is 0 Å². The fourth-order valence-electron chi connectivity index (χ4n) is 1.66. The molecule has 2 amide bonds. The molecule has 0 aliphatic heterocycles. The Hall–Kier alpha value is -1.76. The minimum atomic E-state index is -4.88. The highest BCUT2D eigenvalue weighted by molar-refractivity contribution is 6.31. The second-order valence-electron chi connectivity index (χ2n) is 4.55. The van der Waals surface area contributed by atoms with Gasteiger partial charge in [0, 0.05) is 24.5 Å². The molecule has 0 saturated carbocycles. The Morgan fingerprint density at radius 1 is 1.09 bits per heavy atom. The average Bonchev–Trinajstić information content (AvgIpc) is 2.44. The second kappa shape index (κ2) is 8.63. The molecule has 0 radical (unpaired) electrons. The summed E-state index contributed by atoms with van der Waals surface area (Å²) in [6.45, 7) is 0.0443. The molecule has 0 spiro atoms. The van der Waals surface area contributed by atoms with E-state index in [-0.39, 0.29) is 31.8 Å². The highest BCUT2D eigenvalue weighted by atomic mass is 35.5. The van der Waals surface area contributed by atoms with Gasteiger partial charge in [0.05, 0.1) is 0 Å². The van der Waals surface area contributed by atoms with Crippen LogP contribution in [-0.4, -0.2) is 31.1 Å². The molecule has 4 nitrogen and oxygen atoms in total. The lowest BCUT2D eigenvalue weighted by Crippen LogP contribution is -2.38. The van der Waals surface area contributed by atoms with Gasteiger partial charge in [0.1, 0.15) is 0 Å². The van der Waals surface area contributed by atoms with Gasteiger partial charge < -0.3 is 10.6 Å². The van der Waals surface area contributed by atoms with Crippen molar-refractivity contribution in [2.75, 3.05) is 13.1 Å². The fourth-order valence-corrected chi connectivity index (χ4v) is 1.89. The molecule has 2 N–H and O–H groups in total. The van der Waals surface area contributed by atoms with Crippen LogP contribution in [-0.2, 0) is 16.0 Å². The Bertz CT molecular complexity index is 521. The Labute approximate surface area is 131 Å². The van der Waals surface area contributed by atoms with Gasteiger partial charge in [0.2, 0.25) is 5.91 Å². The topological polar surface area (TPSA) is 58.2 Å². The Morgan fingerprint density at radius 3 is 2.36 bits per heavy atom. The quantitative estimate of drug-likeness (QED) is 0.751. The zero-order chi connectivity index (χ0) is 16.6. The van der Waals surface area contributed by atoms with Crippen LogP contribution in [0.2, 0.25) is 5.02 Å². The van der Waals surface area contributed by atoms with Crippen LogP contribution in [0.1, 0.15) is 18.4 Å². The molecule has 0 bridgehead atoms. The van der Waals surface area contributed by atoms with E-state index in [4.69, 9.17) is 11.6 Å². The number of halogens is 4. The number of hydrogen-bond donors (Lipinski definition) is 2. The normalized spacial score (nSPS) is 11.1. The molecule has 1 aromatic carbocycles. The molecule has 0 saturated heterocycles. The van der Waals surface area contributed by atoms with E-state index in [1.807, 2.05) is 12.1 Å². The van der Waals surface area contributed by atoms with Gasteiger partial charge in [0.15, 0.2) is 0 Å². The molecule has 22 heavy (non-hydrogen) atoms. The summed E-state index contributed by atoms with van der Waals surface area (Å²) in [4.78, 5) is 22.1. The lowest BCUT2D eigenvalue weighted by atomic mass is 10.1. The van der Waals surface area contributed by atoms with Gasteiger partial charge >= 0.3 is 12.1 Å². The highest BCUT2D eigenvalue weighted by Gasteiger charge is 2.38. The van der Waals surface area contributed by atoms with Crippen molar-refractivity contribution < 1.29 is 22.8 Å². The average molecular weight is 337 g/mol. The van der Waals surface area contributed by atoms with Crippen LogP contribution in [0.4, 0.5) is 13.2 Å². The fraction of sp³-hybridized carbons (Fsp3) is 0.429. The number of nitrogens with one attached hydrogen (secondary N) is 2. The van der Waals surface area contributed by atoms with Crippen LogP contribution >= 0.6 is 11.6 Å². The molecule has 1 rings (SSSR count). The third kappa shape index (κ3) is 6.80. The van der Waals surface area contributed by atoms with Crippen LogP contribution in [0.3, 0.4) is 0 Å².